The molecule has 0 amide bonds. The molecular weight excluding hydrogens is 231 g/mol. The van der Waals surface area contributed by atoms with E-state index in [0.29, 0.717) is 12.5 Å². The van der Waals surface area contributed by atoms with Gasteiger partial charge in [0.1, 0.15) is 0 Å². The summed E-state index contributed by atoms with van der Waals surface area (Å²) >= 11 is 0. The summed E-state index contributed by atoms with van der Waals surface area (Å²) in [5.74, 6) is 0.680. The van der Waals surface area contributed by atoms with Gasteiger partial charge >= 0.3 is 58.4 Å². The monoisotopic (exact) mass is 246 g/mol. The average molecular weight is 246 g/mol. The molecule has 0 N–H and O–H groups in total. The maximum absolute atomic E-state index is 12.0. The van der Waals surface area contributed by atoms with Crippen molar-refractivity contribution in [2.24, 2.45) is 5.92 Å². The SMILES string of the molecule is C=C(COCCC1CCC1)[B-](F)(F)F.[K+]. The van der Waals surface area contributed by atoms with Gasteiger partial charge in [-0.3, -0.25) is 0 Å². The Morgan fingerprint density at radius 2 is 1.93 bits per heavy atom. The summed E-state index contributed by atoms with van der Waals surface area (Å²) < 4.78 is 40.9. The number of ether oxygens (including phenoxy) is 1. The maximum atomic E-state index is 12.0. The van der Waals surface area contributed by atoms with Crippen LogP contribution >= 0.6 is 0 Å². The van der Waals surface area contributed by atoms with E-state index in [1.54, 1.807) is 0 Å². The zero-order valence-electron chi connectivity index (χ0n) is 9.15. The minimum Gasteiger partial charge on any atom is -0.445 e. The fourth-order valence-corrected chi connectivity index (χ4v) is 1.33. The van der Waals surface area contributed by atoms with Crippen LogP contribution in [0, 0.1) is 5.92 Å². The van der Waals surface area contributed by atoms with E-state index in [-0.39, 0.29) is 58.0 Å². The van der Waals surface area contributed by atoms with E-state index in [9.17, 15) is 12.9 Å². The van der Waals surface area contributed by atoms with E-state index in [1.807, 2.05) is 0 Å². The van der Waals surface area contributed by atoms with Crippen molar-refractivity contribution >= 4 is 6.98 Å². The van der Waals surface area contributed by atoms with Crippen molar-refractivity contribution in [1.82, 2.24) is 0 Å². The van der Waals surface area contributed by atoms with Crippen molar-refractivity contribution in [1.29, 1.82) is 0 Å². The zero-order chi connectivity index (χ0) is 10.6. The number of hydrogen-bond acceptors (Lipinski definition) is 1. The predicted octanol–water partition coefficient (Wildman–Crippen LogP) is 0.140. The van der Waals surface area contributed by atoms with Crippen LogP contribution in [0.2, 0.25) is 0 Å². The number of rotatable bonds is 6. The summed E-state index contributed by atoms with van der Waals surface area (Å²) in [6.45, 7) is -1.90. The van der Waals surface area contributed by atoms with E-state index < -0.39 is 12.4 Å². The van der Waals surface area contributed by atoms with Gasteiger partial charge in [-0.25, -0.2) is 0 Å². The normalized spacial score (nSPS) is 16.7. The Labute approximate surface area is 131 Å². The molecule has 82 valence electrons. The van der Waals surface area contributed by atoms with Gasteiger partial charge in [0.25, 0.3) is 0 Å². The molecule has 1 fully saturated rings. The van der Waals surface area contributed by atoms with Crippen LogP contribution in [0.5, 0.6) is 0 Å². The molecule has 1 nitrogen and oxygen atoms in total. The predicted molar refractivity (Wildman–Crippen MR) is 51.0 cm³/mol. The summed E-state index contributed by atoms with van der Waals surface area (Å²) in [5.41, 5.74) is -0.737. The molecule has 0 atom stereocenters. The van der Waals surface area contributed by atoms with Gasteiger partial charge in [-0.05, 0) is 12.3 Å². The second kappa shape index (κ2) is 7.50. The first-order valence-corrected chi connectivity index (χ1v) is 4.95. The van der Waals surface area contributed by atoms with Crippen molar-refractivity contribution in [3.05, 3.63) is 12.1 Å². The molecule has 0 saturated heterocycles. The molecule has 1 aliphatic carbocycles. The van der Waals surface area contributed by atoms with Crippen molar-refractivity contribution in [2.45, 2.75) is 25.7 Å². The molecule has 1 rings (SSSR count). The first-order chi connectivity index (χ1) is 6.50. The summed E-state index contributed by atoms with van der Waals surface area (Å²) in [7, 11) is 0. The first-order valence-electron chi connectivity index (χ1n) is 4.95. The molecule has 1 saturated carbocycles. The second-order valence-corrected chi connectivity index (χ2v) is 3.87. The van der Waals surface area contributed by atoms with Crippen LogP contribution in [0.4, 0.5) is 12.9 Å². The number of hydrogen-bond donors (Lipinski definition) is 0. The Hall–Kier alpha value is 1.19. The zero-order valence-corrected chi connectivity index (χ0v) is 12.3. The maximum Gasteiger partial charge on any atom is 1.00 e. The van der Waals surface area contributed by atoms with E-state index >= 15 is 0 Å². The van der Waals surface area contributed by atoms with Crippen LogP contribution in [0.25, 0.3) is 0 Å². The summed E-state index contributed by atoms with van der Waals surface area (Å²) in [6, 6.07) is 0. The summed E-state index contributed by atoms with van der Waals surface area (Å²) in [4.78, 5) is 0. The smallest absolute Gasteiger partial charge is 0.445 e. The molecule has 0 spiro atoms. The van der Waals surface area contributed by atoms with Gasteiger partial charge in [0, 0.05) is 13.2 Å². The Balaban J connectivity index is 0.00000196. The van der Waals surface area contributed by atoms with Crippen LogP contribution in [0.1, 0.15) is 25.7 Å². The van der Waals surface area contributed by atoms with Gasteiger partial charge in [-0.1, -0.05) is 19.3 Å². The van der Waals surface area contributed by atoms with E-state index in [4.69, 9.17) is 4.74 Å². The largest absolute Gasteiger partial charge is 1.00 e. The van der Waals surface area contributed by atoms with Crippen LogP contribution in [-0.2, 0) is 4.74 Å². The molecule has 0 aromatic rings. The third-order valence-electron chi connectivity index (χ3n) is 2.65. The van der Waals surface area contributed by atoms with Gasteiger partial charge in [0.2, 0.25) is 0 Å². The van der Waals surface area contributed by atoms with Crippen LogP contribution in [-0.4, -0.2) is 20.2 Å². The van der Waals surface area contributed by atoms with Gasteiger partial charge in [-0.15, -0.1) is 12.1 Å². The minimum absolute atomic E-state index is 0. The summed E-state index contributed by atoms with van der Waals surface area (Å²) in [5, 5.41) is 0. The van der Waals surface area contributed by atoms with Crippen LogP contribution in [0.15, 0.2) is 12.1 Å². The molecule has 0 radical (unpaired) electrons. The Bertz CT molecular complexity index is 204. The summed E-state index contributed by atoms with van der Waals surface area (Å²) in [6.07, 6.45) is 4.54. The van der Waals surface area contributed by atoms with Crippen molar-refractivity contribution in [2.75, 3.05) is 13.2 Å². The first kappa shape index (κ1) is 16.2. The Morgan fingerprint density at radius 1 is 1.33 bits per heavy atom. The van der Waals surface area contributed by atoms with Gasteiger partial charge < -0.3 is 17.7 Å². The molecule has 0 aromatic heterocycles. The molecule has 0 aliphatic heterocycles. The fourth-order valence-electron chi connectivity index (χ4n) is 1.33. The van der Waals surface area contributed by atoms with Gasteiger partial charge in [0.05, 0.1) is 0 Å². The molecule has 6 heteroatoms. The topological polar surface area (TPSA) is 9.23 Å². The van der Waals surface area contributed by atoms with E-state index in [1.165, 1.54) is 19.3 Å². The Morgan fingerprint density at radius 3 is 2.33 bits per heavy atom. The average Bonchev–Trinajstić information content (AvgIpc) is 1.98. The molecule has 15 heavy (non-hydrogen) atoms. The third kappa shape index (κ3) is 6.48. The van der Waals surface area contributed by atoms with Crippen molar-refractivity contribution in [3.8, 4) is 0 Å². The van der Waals surface area contributed by atoms with Crippen LogP contribution in [0.3, 0.4) is 0 Å². The molecule has 0 unspecified atom stereocenters. The molecule has 0 aromatic carbocycles. The van der Waals surface area contributed by atoms with Gasteiger partial charge in [0.15, 0.2) is 0 Å². The molecule has 1 aliphatic rings. The van der Waals surface area contributed by atoms with Crippen molar-refractivity contribution in [3.63, 3.8) is 0 Å². The van der Waals surface area contributed by atoms with Crippen LogP contribution < -0.4 is 51.4 Å². The van der Waals surface area contributed by atoms with Crippen molar-refractivity contribution < 1.29 is 69.1 Å². The third-order valence-corrected chi connectivity index (χ3v) is 2.65. The minimum atomic E-state index is -4.91. The fraction of sp³-hybridized carbons (Fsp3) is 0.778. The van der Waals surface area contributed by atoms with E-state index in [2.05, 4.69) is 6.58 Å². The Kier molecular flexibility index (Phi) is 8.10. The van der Waals surface area contributed by atoms with E-state index in [0.717, 1.165) is 6.42 Å². The second-order valence-electron chi connectivity index (χ2n) is 3.87. The number of halogens is 3. The quantitative estimate of drug-likeness (QED) is 0.478. The standard InChI is InChI=1S/C9H15BF3O.K/c1-8(10(11,12)13)7-14-6-5-9-3-2-4-9;/h9H,1-7H2;/q-1;+1. The molecular formula is C9H15BF3KO. The molecule has 0 heterocycles. The molecule has 0 bridgehead atoms. The van der Waals surface area contributed by atoms with Gasteiger partial charge in [-0.2, -0.15) is 0 Å².